The molecular weight excluding hydrogens is 779 g/mol. The van der Waals surface area contributed by atoms with Gasteiger partial charge in [-0.1, -0.05) is 190 Å². The molecular formula is C53H94NO8+. The summed E-state index contributed by atoms with van der Waals surface area (Å²) in [5.74, 6) is -2.02. The topological polar surface area (TPSA) is 108 Å². The van der Waals surface area contributed by atoms with Gasteiger partial charge in [-0.3, -0.25) is 9.59 Å². The quantitative estimate of drug-likeness (QED) is 0.0212. The Kier molecular flexibility index (Phi) is 42.4. The molecule has 62 heavy (non-hydrogen) atoms. The number of aliphatic carboxylic acids is 1. The molecule has 0 spiro atoms. The van der Waals surface area contributed by atoms with E-state index in [1.807, 2.05) is 21.1 Å². The fourth-order valence-corrected chi connectivity index (χ4v) is 6.69. The molecule has 0 aliphatic heterocycles. The van der Waals surface area contributed by atoms with E-state index in [9.17, 15) is 19.5 Å². The summed E-state index contributed by atoms with van der Waals surface area (Å²) in [5.41, 5.74) is 0. The van der Waals surface area contributed by atoms with Crippen molar-refractivity contribution < 1.29 is 42.9 Å². The van der Waals surface area contributed by atoms with Gasteiger partial charge in [0.15, 0.2) is 6.10 Å². The first-order chi connectivity index (χ1) is 30.1. The van der Waals surface area contributed by atoms with Crippen molar-refractivity contribution in [2.24, 2.45) is 0 Å². The van der Waals surface area contributed by atoms with Gasteiger partial charge in [0.1, 0.15) is 13.2 Å². The van der Waals surface area contributed by atoms with E-state index in [4.69, 9.17) is 18.9 Å². The molecule has 0 aromatic rings. The lowest BCUT2D eigenvalue weighted by molar-refractivity contribution is -0.870. The van der Waals surface area contributed by atoms with Crippen molar-refractivity contribution in [3.63, 3.8) is 0 Å². The van der Waals surface area contributed by atoms with Gasteiger partial charge in [-0.25, -0.2) is 4.79 Å². The molecule has 0 aromatic heterocycles. The first-order valence-corrected chi connectivity index (χ1v) is 25.0. The highest BCUT2D eigenvalue weighted by Gasteiger charge is 2.25. The number of nitrogens with zero attached hydrogens (tertiary/aromatic N) is 1. The molecule has 0 rings (SSSR count). The van der Waals surface area contributed by atoms with Crippen LogP contribution in [-0.2, 0) is 33.3 Å². The molecule has 0 saturated heterocycles. The van der Waals surface area contributed by atoms with Crippen molar-refractivity contribution in [2.75, 3.05) is 47.5 Å². The minimum atomic E-state index is -1.51. The van der Waals surface area contributed by atoms with Crippen LogP contribution in [0.5, 0.6) is 0 Å². The lowest BCUT2D eigenvalue weighted by Crippen LogP contribution is -2.40. The molecule has 0 aromatic carbocycles. The second-order valence-electron chi connectivity index (χ2n) is 17.8. The van der Waals surface area contributed by atoms with Crippen LogP contribution in [0.4, 0.5) is 0 Å². The molecule has 0 saturated carbocycles. The summed E-state index contributed by atoms with van der Waals surface area (Å²) in [6.07, 6.45) is 51.9. The minimum absolute atomic E-state index is 0.182. The summed E-state index contributed by atoms with van der Waals surface area (Å²) < 4.78 is 22.6. The van der Waals surface area contributed by atoms with Crippen LogP contribution in [0, 0.1) is 0 Å². The fraction of sp³-hybridized carbons (Fsp3) is 0.755. The van der Waals surface area contributed by atoms with E-state index in [0.29, 0.717) is 17.4 Å². The molecule has 0 aliphatic rings. The number of unbranched alkanes of at least 4 members (excludes halogenated alkanes) is 20. The molecule has 0 amide bonds. The molecule has 0 radical (unpaired) electrons. The molecule has 0 heterocycles. The number of hydrogen-bond donors (Lipinski definition) is 1. The Morgan fingerprint density at radius 2 is 0.919 bits per heavy atom. The van der Waals surface area contributed by atoms with Crippen LogP contribution in [0.1, 0.15) is 200 Å². The normalized spacial score (nSPS) is 13.4. The fourth-order valence-electron chi connectivity index (χ4n) is 6.69. The molecule has 1 N–H and O–H groups in total. The Bertz CT molecular complexity index is 1200. The van der Waals surface area contributed by atoms with Gasteiger partial charge in [0.05, 0.1) is 34.4 Å². The average Bonchev–Trinajstić information content (AvgIpc) is 3.23. The van der Waals surface area contributed by atoms with E-state index < -0.39 is 24.3 Å². The number of carboxylic acid groups (broad SMARTS) is 1. The smallest absolute Gasteiger partial charge is 0.361 e. The third-order valence-electron chi connectivity index (χ3n) is 10.5. The maximum Gasteiger partial charge on any atom is 0.361 e. The van der Waals surface area contributed by atoms with Crippen molar-refractivity contribution in [1.29, 1.82) is 0 Å². The number of carboxylic acids is 1. The van der Waals surface area contributed by atoms with Crippen molar-refractivity contribution in [3.05, 3.63) is 60.8 Å². The van der Waals surface area contributed by atoms with Crippen molar-refractivity contribution in [2.45, 2.75) is 212 Å². The number of ether oxygens (including phenoxy) is 4. The van der Waals surface area contributed by atoms with Crippen LogP contribution in [-0.4, -0.2) is 87.4 Å². The first kappa shape index (κ1) is 59.0. The number of rotatable bonds is 45. The number of quaternary nitrogens is 1. The van der Waals surface area contributed by atoms with Crippen LogP contribution < -0.4 is 0 Å². The highest BCUT2D eigenvalue weighted by molar-refractivity contribution is 5.71. The Morgan fingerprint density at radius 3 is 1.37 bits per heavy atom. The van der Waals surface area contributed by atoms with E-state index in [0.717, 1.165) is 77.0 Å². The monoisotopic (exact) mass is 873 g/mol. The molecule has 0 bridgehead atoms. The first-order valence-electron chi connectivity index (χ1n) is 25.0. The van der Waals surface area contributed by atoms with E-state index in [-0.39, 0.29) is 32.2 Å². The van der Waals surface area contributed by atoms with Crippen molar-refractivity contribution in [3.8, 4) is 0 Å². The maximum absolute atomic E-state index is 12.7. The van der Waals surface area contributed by atoms with Crippen LogP contribution in [0.15, 0.2) is 60.8 Å². The summed E-state index contributed by atoms with van der Waals surface area (Å²) >= 11 is 0. The Hall–Kier alpha value is -3.01. The Labute approximate surface area is 380 Å². The molecule has 2 atom stereocenters. The third-order valence-corrected chi connectivity index (χ3v) is 10.5. The van der Waals surface area contributed by atoms with Gasteiger partial charge in [0.2, 0.25) is 0 Å². The lowest BCUT2D eigenvalue weighted by atomic mass is 10.0. The van der Waals surface area contributed by atoms with Crippen LogP contribution in [0.3, 0.4) is 0 Å². The lowest BCUT2D eigenvalue weighted by Gasteiger charge is -2.25. The number of likely N-dealkylation sites (N-methyl/N-ethyl adjacent to an activating group) is 1. The summed E-state index contributed by atoms with van der Waals surface area (Å²) in [5, 5.41) is 9.61. The summed E-state index contributed by atoms with van der Waals surface area (Å²) in [6, 6.07) is 0. The Balaban J connectivity index is 4.03. The largest absolute Gasteiger partial charge is 0.477 e. The predicted molar refractivity (Wildman–Crippen MR) is 258 cm³/mol. The zero-order valence-corrected chi connectivity index (χ0v) is 40.5. The summed E-state index contributed by atoms with van der Waals surface area (Å²) in [6.45, 7) is 4.69. The Morgan fingerprint density at radius 1 is 0.500 bits per heavy atom. The molecule has 358 valence electrons. The summed E-state index contributed by atoms with van der Waals surface area (Å²) in [4.78, 5) is 36.9. The van der Waals surface area contributed by atoms with Gasteiger partial charge in [0.25, 0.3) is 6.29 Å². The maximum atomic E-state index is 12.7. The average molecular weight is 873 g/mol. The zero-order valence-electron chi connectivity index (χ0n) is 40.5. The standard InChI is InChI=1S/C53H93NO8/c1-6-8-10-12-14-15-16-17-18-19-20-21-22-23-24-25-26-27-28-29-30-31-32-33-34-35-36-37-38-40-42-44-51(56)62-49(47-60-50(55)43-41-39-13-11-9-7-2)48-61-53(52(57)58)59-46-45-54(3,4)5/h8,10,14-15,17-18,20-21,23-24,49,53H,6-7,9,11-13,16,19,22,25-48H2,1-5H3/p+1/b10-8-,15-14-,18-17-,21-20-,24-23-. The van der Waals surface area contributed by atoms with E-state index in [1.54, 1.807) is 0 Å². The molecule has 0 fully saturated rings. The van der Waals surface area contributed by atoms with Crippen molar-refractivity contribution in [1.82, 2.24) is 0 Å². The molecule has 9 heteroatoms. The van der Waals surface area contributed by atoms with Crippen LogP contribution in [0.2, 0.25) is 0 Å². The van der Waals surface area contributed by atoms with Gasteiger partial charge < -0.3 is 28.5 Å². The van der Waals surface area contributed by atoms with Crippen LogP contribution >= 0.6 is 0 Å². The highest BCUT2D eigenvalue weighted by atomic mass is 16.7. The molecule has 0 aliphatic carbocycles. The molecule has 2 unspecified atom stereocenters. The van der Waals surface area contributed by atoms with Gasteiger partial charge >= 0.3 is 17.9 Å². The van der Waals surface area contributed by atoms with Gasteiger partial charge in [0, 0.05) is 12.8 Å². The van der Waals surface area contributed by atoms with Gasteiger partial charge in [-0.15, -0.1) is 0 Å². The summed E-state index contributed by atoms with van der Waals surface area (Å²) in [7, 11) is 5.95. The number of carbonyl (C=O) groups excluding carboxylic acids is 2. The SMILES string of the molecule is CC/C=C\C/C=C\C/C=C\C/C=C\C/C=C\CCCCCCCCCCCCCCCCCC(=O)OC(COC(=O)CCCCCCCC)COC(OCC[N+](C)(C)C)C(=O)O. The van der Waals surface area contributed by atoms with Crippen LogP contribution in [0.25, 0.3) is 0 Å². The number of esters is 2. The van der Waals surface area contributed by atoms with E-state index >= 15 is 0 Å². The number of carbonyl (C=O) groups is 3. The number of hydrogen-bond acceptors (Lipinski definition) is 7. The second kappa shape index (κ2) is 44.6. The van der Waals surface area contributed by atoms with E-state index in [2.05, 4.69) is 74.6 Å². The van der Waals surface area contributed by atoms with Gasteiger partial charge in [-0.2, -0.15) is 0 Å². The number of allylic oxidation sites excluding steroid dienone is 10. The minimum Gasteiger partial charge on any atom is -0.477 e. The van der Waals surface area contributed by atoms with Crippen molar-refractivity contribution >= 4 is 17.9 Å². The van der Waals surface area contributed by atoms with E-state index in [1.165, 1.54) is 96.3 Å². The zero-order chi connectivity index (χ0) is 45.6. The van der Waals surface area contributed by atoms with Gasteiger partial charge in [-0.05, 0) is 57.8 Å². The second-order valence-corrected chi connectivity index (χ2v) is 17.8. The molecule has 9 nitrogen and oxygen atoms in total. The predicted octanol–water partition coefficient (Wildman–Crippen LogP) is 13.7. The highest BCUT2D eigenvalue weighted by Crippen LogP contribution is 2.15. The third kappa shape index (κ3) is 45.0.